The van der Waals surface area contributed by atoms with Crippen LogP contribution >= 0.6 is 0 Å². The first kappa shape index (κ1) is 13.1. The molecule has 1 aliphatic carbocycles. The summed E-state index contributed by atoms with van der Waals surface area (Å²) in [5.74, 6) is 0.686. The zero-order valence-electron chi connectivity index (χ0n) is 11.4. The Kier molecular flexibility index (Phi) is 5.05. The molecule has 1 aliphatic heterocycles. The van der Waals surface area contributed by atoms with Crippen molar-refractivity contribution in [3.63, 3.8) is 0 Å². The number of allylic oxidation sites excluding steroid dienone is 1. The molecule has 2 aliphatic rings. The molecule has 0 amide bonds. The highest BCUT2D eigenvalue weighted by atomic mass is 16.5. The molecule has 1 N–H and O–H groups in total. The third-order valence-electron chi connectivity index (χ3n) is 4.20. The molecular formula is C15H27NO. The van der Waals surface area contributed by atoms with Gasteiger partial charge in [-0.1, -0.05) is 18.6 Å². The van der Waals surface area contributed by atoms with Gasteiger partial charge in [0.1, 0.15) is 0 Å². The van der Waals surface area contributed by atoms with Gasteiger partial charge >= 0.3 is 0 Å². The van der Waals surface area contributed by atoms with Crippen molar-refractivity contribution in [2.75, 3.05) is 13.2 Å². The summed E-state index contributed by atoms with van der Waals surface area (Å²) in [6, 6.07) is 0.577. The molecule has 1 fully saturated rings. The Morgan fingerprint density at radius 3 is 2.94 bits per heavy atom. The van der Waals surface area contributed by atoms with E-state index in [2.05, 4.69) is 25.2 Å². The average Bonchev–Trinajstić information content (AvgIpc) is 2.78. The monoisotopic (exact) mass is 237 g/mol. The van der Waals surface area contributed by atoms with Crippen molar-refractivity contribution in [3.05, 3.63) is 11.6 Å². The second kappa shape index (κ2) is 6.55. The number of hydrogen-bond acceptors (Lipinski definition) is 2. The largest absolute Gasteiger partial charge is 0.378 e. The van der Waals surface area contributed by atoms with Crippen LogP contribution in [0.2, 0.25) is 0 Å². The Morgan fingerprint density at radius 2 is 2.35 bits per heavy atom. The summed E-state index contributed by atoms with van der Waals surface area (Å²) >= 11 is 0. The highest BCUT2D eigenvalue weighted by Gasteiger charge is 2.33. The zero-order valence-corrected chi connectivity index (χ0v) is 11.4. The minimum Gasteiger partial charge on any atom is -0.378 e. The average molecular weight is 237 g/mol. The first-order valence-electron chi connectivity index (χ1n) is 7.37. The van der Waals surface area contributed by atoms with E-state index in [0.717, 1.165) is 13.2 Å². The fraction of sp³-hybridized carbons (Fsp3) is 0.867. The van der Waals surface area contributed by atoms with E-state index in [9.17, 15) is 0 Å². The molecule has 0 radical (unpaired) electrons. The van der Waals surface area contributed by atoms with E-state index in [-0.39, 0.29) is 0 Å². The highest BCUT2D eigenvalue weighted by Crippen LogP contribution is 2.31. The molecule has 3 atom stereocenters. The predicted octanol–water partition coefficient (Wildman–Crippen LogP) is 3.28. The smallest absolute Gasteiger partial charge is 0.0594 e. The maximum atomic E-state index is 5.75. The van der Waals surface area contributed by atoms with E-state index < -0.39 is 0 Å². The summed E-state index contributed by atoms with van der Waals surface area (Å²) in [5, 5.41) is 3.76. The highest BCUT2D eigenvalue weighted by molar-refractivity contribution is 5.16. The lowest BCUT2D eigenvalue weighted by Crippen LogP contribution is -2.41. The van der Waals surface area contributed by atoms with E-state index in [1.54, 1.807) is 5.57 Å². The minimum atomic E-state index is 0.423. The van der Waals surface area contributed by atoms with Crippen molar-refractivity contribution in [3.8, 4) is 0 Å². The van der Waals surface area contributed by atoms with Gasteiger partial charge in [-0.25, -0.2) is 0 Å². The second-order valence-electron chi connectivity index (χ2n) is 5.49. The molecule has 2 rings (SSSR count). The Morgan fingerprint density at radius 1 is 1.47 bits per heavy atom. The SMILES string of the molecule is CCCNC(C1=CCCCC1)C1CCOC1C. The molecular weight excluding hydrogens is 210 g/mol. The molecule has 2 nitrogen and oxygen atoms in total. The molecule has 0 spiro atoms. The second-order valence-corrected chi connectivity index (χ2v) is 5.49. The van der Waals surface area contributed by atoms with Gasteiger partial charge in [-0.15, -0.1) is 0 Å². The van der Waals surface area contributed by atoms with E-state index in [4.69, 9.17) is 4.74 Å². The maximum absolute atomic E-state index is 5.75. The Hall–Kier alpha value is -0.340. The minimum absolute atomic E-state index is 0.423. The van der Waals surface area contributed by atoms with Crippen LogP contribution in [0.15, 0.2) is 11.6 Å². The fourth-order valence-electron chi connectivity index (χ4n) is 3.19. The zero-order chi connectivity index (χ0) is 12.1. The maximum Gasteiger partial charge on any atom is 0.0594 e. The van der Waals surface area contributed by atoms with Crippen LogP contribution in [0.5, 0.6) is 0 Å². The molecule has 0 aromatic carbocycles. The number of hydrogen-bond donors (Lipinski definition) is 1. The normalized spacial score (nSPS) is 31.3. The van der Waals surface area contributed by atoms with Crippen LogP contribution in [0.4, 0.5) is 0 Å². The van der Waals surface area contributed by atoms with Crippen molar-refractivity contribution in [2.24, 2.45) is 5.92 Å². The Labute approximate surface area is 106 Å². The lowest BCUT2D eigenvalue weighted by Gasteiger charge is -2.31. The van der Waals surface area contributed by atoms with Crippen LogP contribution in [-0.2, 0) is 4.74 Å². The lowest BCUT2D eigenvalue weighted by atomic mass is 9.83. The van der Waals surface area contributed by atoms with Crippen LogP contribution in [0.1, 0.15) is 52.4 Å². The summed E-state index contributed by atoms with van der Waals surface area (Å²) in [6.45, 7) is 6.56. The van der Waals surface area contributed by atoms with Crippen molar-refractivity contribution in [2.45, 2.75) is 64.5 Å². The summed E-state index contributed by atoms with van der Waals surface area (Å²) in [6.07, 6.45) is 10.7. The lowest BCUT2D eigenvalue weighted by molar-refractivity contribution is 0.0984. The number of rotatable bonds is 5. The van der Waals surface area contributed by atoms with E-state index >= 15 is 0 Å². The molecule has 17 heavy (non-hydrogen) atoms. The Balaban J connectivity index is 2.03. The number of nitrogens with one attached hydrogen (secondary N) is 1. The molecule has 3 unspecified atom stereocenters. The van der Waals surface area contributed by atoms with Gasteiger partial charge in [-0.05, 0) is 52.0 Å². The first-order valence-corrected chi connectivity index (χ1v) is 7.37. The van der Waals surface area contributed by atoms with Gasteiger partial charge in [0.2, 0.25) is 0 Å². The standard InChI is InChI=1S/C15H27NO/c1-3-10-16-15(13-7-5-4-6-8-13)14-9-11-17-12(14)2/h7,12,14-16H,3-6,8-11H2,1-2H3. The van der Waals surface area contributed by atoms with Crippen LogP contribution in [0.3, 0.4) is 0 Å². The molecule has 2 heteroatoms. The van der Waals surface area contributed by atoms with Gasteiger partial charge < -0.3 is 10.1 Å². The topological polar surface area (TPSA) is 21.3 Å². The van der Waals surface area contributed by atoms with Crippen LogP contribution in [0.25, 0.3) is 0 Å². The molecule has 0 bridgehead atoms. The fourth-order valence-corrected chi connectivity index (χ4v) is 3.19. The van der Waals surface area contributed by atoms with Gasteiger partial charge in [0.15, 0.2) is 0 Å². The van der Waals surface area contributed by atoms with Crippen molar-refractivity contribution < 1.29 is 4.74 Å². The predicted molar refractivity (Wildman–Crippen MR) is 72.2 cm³/mol. The van der Waals surface area contributed by atoms with E-state index in [0.29, 0.717) is 18.1 Å². The molecule has 0 aromatic heterocycles. The van der Waals surface area contributed by atoms with Gasteiger partial charge in [0.05, 0.1) is 6.10 Å². The molecule has 0 saturated carbocycles. The van der Waals surface area contributed by atoms with Crippen LogP contribution < -0.4 is 5.32 Å². The molecule has 0 aromatic rings. The van der Waals surface area contributed by atoms with Crippen LogP contribution in [-0.4, -0.2) is 25.3 Å². The third kappa shape index (κ3) is 3.32. The van der Waals surface area contributed by atoms with Gasteiger partial charge in [-0.2, -0.15) is 0 Å². The third-order valence-corrected chi connectivity index (χ3v) is 4.20. The molecule has 1 saturated heterocycles. The van der Waals surface area contributed by atoms with E-state index in [1.807, 2.05) is 0 Å². The molecule has 98 valence electrons. The van der Waals surface area contributed by atoms with Gasteiger partial charge in [-0.3, -0.25) is 0 Å². The number of ether oxygens (including phenoxy) is 1. The van der Waals surface area contributed by atoms with Gasteiger partial charge in [0, 0.05) is 18.6 Å². The summed E-state index contributed by atoms with van der Waals surface area (Å²) in [7, 11) is 0. The van der Waals surface area contributed by atoms with Gasteiger partial charge in [0.25, 0.3) is 0 Å². The summed E-state index contributed by atoms with van der Waals surface area (Å²) < 4.78 is 5.75. The molecule has 1 heterocycles. The first-order chi connectivity index (χ1) is 8.33. The quantitative estimate of drug-likeness (QED) is 0.741. The Bertz CT molecular complexity index is 262. The van der Waals surface area contributed by atoms with Crippen molar-refractivity contribution in [1.82, 2.24) is 5.32 Å². The summed E-state index contributed by atoms with van der Waals surface area (Å²) in [5.41, 5.74) is 1.66. The van der Waals surface area contributed by atoms with E-state index in [1.165, 1.54) is 38.5 Å². The summed E-state index contributed by atoms with van der Waals surface area (Å²) in [4.78, 5) is 0. The van der Waals surface area contributed by atoms with Crippen LogP contribution in [0, 0.1) is 5.92 Å². The van der Waals surface area contributed by atoms with Crippen molar-refractivity contribution in [1.29, 1.82) is 0 Å². The van der Waals surface area contributed by atoms with Crippen molar-refractivity contribution >= 4 is 0 Å².